The molecule has 1 unspecified atom stereocenters. The Kier molecular flexibility index (Phi) is 5.47. The average Bonchev–Trinajstić information content (AvgIpc) is 2.32. The number of aryl methyl sites for hydroxylation is 1. The average molecular weight is 220 g/mol. The number of aromatic nitrogens is 1. The summed E-state index contributed by atoms with van der Waals surface area (Å²) in [5, 5.41) is 3.43. The molecule has 0 saturated carbocycles. The quantitative estimate of drug-likeness (QED) is 0.797. The van der Waals surface area contributed by atoms with Crippen LogP contribution >= 0.6 is 0 Å². The van der Waals surface area contributed by atoms with Crippen LogP contribution in [0.4, 0.5) is 0 Å². The second kappa shape index (κ2) is 6.64. The van der Waals surface area contributed by atoms with E-state index in [9.17, 15) is 0 Å². The molecule has 0 saturated heterocycles. The zero-order valence-corrected chi connectivity index (χ0v) is 11.0. The molecular formula is C14H24N2. The predicted octanol–water partition coefficient (Wildman–Crippen LogP) is 2.96. The molecule has 0 fully saturated rings. The van der Waals surface area contributed by atoms with E-state index in [4.69, 9.17) is 0 Å². The molecule has 1 atom stereocenters. The first kappa shape index (κ1) is 13.2. The Labute approximate surface area is 99.5 Å². The summed E-state index contributed by atoms with van der Waals surface area (Å²) < 4.78 is 0. The predicted molar refractivity (Wildman–Crippen MR) is 69.6 cm³/mol. The fraction of sp³-hybridized carbons (Fsp3) is 0.643. The summed E-state index contributed by atoms with van der Waals surface area (Å²) in [6.07, 6.45) is 5.44. The summed E-state index contributed by atoms with van der Waals surface area (Å²) >= 11 is 0. The van der Waals surface area contributed by atoms with Gasteiger partial charge in [0.1, 0.15) is 0 Å². The zero-order chi connectivity index (χ0) is 12.0. The first-order chi connectivity index (χ1) is 7.71. The van der Waals surface area contributed by atoms with Crippen LogP contribution in [-0.4, -0.2) is 18.1 Å². The van der Waals surface area contributed by atoms with Crippen LogP contribution in [-0.2, 0) is 6.42 Å². The monoisotopic (exact) mass is 220 g/mol. The van der Waals surface area contributed by atoms with Crippen LogP contribution in [0.25, 0.3) is 0 Å². The first-order valence-corrected chi connectivity index (χ1v) is 6.30. The summed E-state index contributed by atoms with van der Waals surface area (Å²) in [5.74, 6) is 0.744. The van der Waals surface area contributed by atoms with Crippen molar-refractivity contribution in [3.63, 3.8) is 0 Å². The van der Waals surface area contributed by atoms with Gasteiger partial charge in [-0.3, -0.25) is 4.98 Å². The van der Waals surface area contributed by atoms with Crippen molar-refractivity contribution < 1.29 is 0 Å². The van der Waals surface area contributed by atoms with Gasteiger partial charge in [0, 0.05) is 24.4 Å². The zero-order valence-electron chi connectivity index (χ0n) is 11.0. The molecule has 2 heteroatoms. The van der Waals surface area contributed by atoms with E-state index in [2.05, 4.69) is 50.3 Å². The van der Waals surface area contributed by atoms with Crippen LogP contribution in [0.2, 0.25) is 0 Å². The van der Waals surface area contributed by atoms with Gasteiger partial charge in [-0.25, -0.2) is 0 Å². The maximum absolute atomic E-state index is 4.48. The smallest absolute Gasteiger partial charge is 0.0419 e. The summed E-state index contributed by atoms with van der Waals surface area (Å²) in [6, 6.07) is 4.83. The Balaban J connectivity index is 2.65. The number of hydrogen-bond acceptors (Lipinski definition) is 2. The molecule has 0 aliphatic carbocycles. The van der Waals surface area contributed by atoms with Crippen molar-refractivity contribution >= 4 is 0 Å². The van der Waals surface area contributed by atoms with Gasteiger partial charge >= 0.3 is 0 Å². The number of likely N-dealkylation sites (N-methyl/N-ethyl adjacent to an activating group) is 1. The van der Waals surface area contributed by atoms with Crippen LogP contribution in [0.3, 0.4) is 0 Å². The van der Waals surface area contributed by atoms with Gasteiger partial charge in [-0.15, -0.1) is 0 Å². The molecule has 0 spiro atoms. The number of nitrogens with one attached hydrogen (secondary N) is 1. The molecule has 1 aromatic heterocycles. The lowest BCUT2D eigenvalue weighted by molar-refractivity contribution is 0.347. The lowest BCUT2D eigenvalue weighted by Crippen LogP contribution is -2.35. The third-order valence-corrected chi connectivity index (χ3v) is 3.39. The van der Waals surface area contributed by atoms with Gasteiger partial charge < -0.3 is 5.32 Å². The van der Waals surface area contributed by atoms with E-state index < -0.39 is 0 Å². The minimum absolute atomic E-state index is 0.546. The molecule has 0 radical (unpaired) electrons. The molecule has 0 bridgehead atoms. The minimum atomic E-state index is 0.546. The van der Waals surface area contributed by atoms with Crippen molar-refractivity contribution in [3.05, 3.63) is 29.6 Å². The highest BCUT2D eigenvalue weighted by atomic mass is 14.9. The second-order valence-electron chi connectivity index (χ2n) is 4.50. The molecule has 1 rings (SSSR count). The van der Waals surface area contributed by atoms with Crippen molar-refractivity contribution in [2.75, 3.05) is 7.05 Å². The molecule has 1 heterocycles. The molecular weight excluding hydrogens is 196 g/mol. The summed E-state index contributed by atoms with van der Waals surface area (Å²) in [5.41, 5.74) is 2.42. The molecule has 90 valence electrons. The van der Waals surface area contributed by atoms with Gasteiger partial charge in [0.25, 0.3) is 0 Å². The van der Waals surface area contributed by atoms with E-state index >= 15 is 0 Å². The lowest BCUT2D eigenvalue weighted by Gasteiger charge is -2.24. The normalized spacial score (nSPS) is 13.1. The first-order valence-electron chi connectivity index (χ1n) is 6.30. The highest BCUT2D eigenvalue weighted by Gasteiger charge is 2.17. The number of pyridine rings is 1. The van der Waals surface area contributed by atoms with Crippen LogP contribution < -0.4 is 5.32 Å². The molecule has 16 heavy (non-hydrogen) atoms. The van der Waals surface area contributed by atoms with Crippen LogP contribution in [0.15, 0.2) is 18.3 Å². The second-order valence-corrected chi connectivity index (χ2v) is 4.50. The molecule has 1 aromatic rings. The number of hydrogen-bond donors (Lipinski definition) is 1. The molecule has 2 nitrogen and oxygen atoms in total. The van der Waals surface area contributed by atoms with Crippen LogP contribution in [0, 0.1) is 12.8 Å². The molecule has 1 N–H and O–H groups in total. The molecule has 0 amide bonds. The lowest BCUT2D eigenvalue weighted by atomic mass is 9.91. The Hall–Kier alpha value is -0.890. The van der Waals surface area contributed by atoms with Gasteiger partial charge in [0.15, 0.2) is 0 Å². The summed E-state index contributed by atoms with van der Waals surface area (Å²) in [4.78, 5) is 4.48. The van der Waals surface area contributed by atoms with Gasteiger partial charge in [-0.2, -0.15) is 0 Å². The van der Waals surface area contributed by atoms with E-state index in [1.807, 2.05) is 6.20 Å². The third-order valence-electron chi connectivity index (χ3n) is 3.39. The Morgan fingerprint density at radius 1 is 1.25 bits per heavy atom. The van der Waals surface area contributed by atoms with Crippen molar-refractivity contribution in [2.24, 2.45) is 5.92 Å². The highest BCUT2D eigenvalue weighted by Crippen LogP contribution is 2.16. The number of rotatable bonds is 6. The van der Waals surface area contributed by atoms with Crippen LogP contribution in [0.1, 0.15) is 37.9 Å². The highest BCUT2D eigenvalue weighted by molar-refractivity contribution is 5.13. The molecule has 0 aromatic carbocycles. The van der Waals surface area contributed by atoms with E-state index in [-0.39, 0.29) is 0 Å². The van der Waals surface area contributed by atoms with E-state index in [1.54, 1.807) is 0 Å². The van der Waals surface area contributed by atoms with E-state index in [0.717, 1.165) is 12.3 Å². The Morgan fingerprint density at radius 3 is 2.38 bits per heavy atom. The van der Waals surface area contributed by atoms with Crippen molar-refractivity contribution in [3.8, 4) is 0 Å². The van der Waals surface area contributed by atoms with E-state index in [0.29, 0.717) is 6.04 Å². The molecule has 0 aliphatic rings. The SMILES string of the molecule is CCC(CC)C(Cc1ccc(C)cn1)NC. The van der Waals surface area contributed by atoms with Crippen molar-refractivity contribution in [2.45, 2.75) is 46.1 Å². The fourth-order valence-electron chi connectivity index (χ4n) is 2.21. The molecule has 0 aliphatic heterocycles. The van der Waals surface area contributed by atoms with Gasteiger partial charge in [-0.05, 0) is 31.5 Å². The van der Waals surface area contributed by atoms with Crippen molar-refractivity contribution in [1.29, 1.82) is 0 Å². The Morgan fingerprint density at radius 2 is 1.94 bits per heavy atom. The largest absolute Gasteiger partial charge is 0.316 e. The van der Waals surface area contributed by atoms with Gasteiger partial charge in [0.2, 0.25) is 0 Å². The van der Waals surface area contributed by atoms with Crippen LogP contribution in [0.5, 0.6) is 0 Å². The van der Waals surface area contributed by atoms with Crippen molar-refractivity contribution in [1.82, 2.24) is 10.3 Å². The standard InChI is InChI=1S/C14H24N2/c1-5-12(6-2)14(15-4)9-13-8-7-11(3)10-16-13/h7-8,10,12,14-15H,5-6,9H2,1-4H3. The third kappa shape index (κ3) is 3.60. The minimum Gasteiger partial charge on any atom is -0.316 e. The maximum atomic E-state index is 4.48. The Bertz CT molecular complexity index is 288. The maximum Gasteiger partial charge on any atom is 0.0419 e. The van der Waals surface area contributed by atoms with Gasteiger partial charge in [-0.1, -0.05) is 32.8 Å². The summed E-state index contributed by atoms with van der Waals surface area (Å²) in [6.45, 7) is 6.61. The van der Waals surface area contributed by atoms with Gasteiger partial charge in [0.05, 0.1) is 0 Å². The topological polar surface area (TPSA) is 24.9 Å². The number of nitrogens with zero attached hydrogens (tertiary/aromatic N) is 1. The van der Waals surface area contributed by atoms with E-state index in [1.165, 1.54) is 24.1 Å². The fourth-order valence-corrected chi connectivity index (χ4v) is 2.21. The summed E-state index contributed by atoms with van der Waals surface area (Å²) in [7, 11) is 2.05.